The predicted molar refractivity (Wildman–Crippen MR) is 116 cm³/mol. The second-order valence-corrected chi connectivity index (χ2v) is 6.91. The molecular weight excluding hydrogens is 406 g/mol. The molecule has 2 aromatic carbocycles. The van der Waals surface area contributed by atoms with E-state index in [4.69, 9.17) is 17.0 Å². The van der Waals surface area contributed by atoms with Gasteiger partial charge in [-0.05, 0) is 55.0 Å². The molecule has 3 rings (SSSR count). The summed E-state index contributed by atoms with van der Waals surface area (Å²) in [6.45, 7) is 0.965. The number of esters is 1. The zero-order valence-electron chi connectivity index (χ0n) is 16.6. The zero-order valence-corrected chi connectivity index (χ0v) is 17.4. The van der Waals surface area contributed by atoms with Crippen molar-refractivity contribution in [2.75, 3.05) is 26.1 Å². The highest BCUT2D eigenvalue weighted by atomic mass is 32.1. The molecule has 0 saturated heterocycles. The number of aromatic amines is 1. The molecule has 3 aromatic rings. The summed E-state index contributed by atoms with van der Waals surface area (Å²) in [5.74, 6) is -0.881. The van der Waals surface area contributed by atoms with Gasteiger partial charge in [-0.25, -0.2) is 4.79 Å². The molecular formula is C21H21N3O5S. The third-order valence-electron chi connectivity index (χ3n) is 4.52. The number of H-pyrrole nitrogens is 1. The van der Waals surface area contributed by atoms with Gasteiger partial charge in [-0.2, -0.15) is 0 Å². The van der Waals surface area contributed by atoms with Gasteiger partial charge in [0.25, 0.3) is 11.5 Å². The Morgan fingerprint density at radius 3 is 2.67 bits per heavy atom. The number of fused-ring (bicyclic) bond motifs is 1. The molecule has 0 unspecified atom stereocenters. The van der Waals surface area contributed by atoms with Crippen molar-refractivity contribution in [1.82, 2.24) is 9.55 Å². The molecule has 0 aliphatic heterocycles. The van der Waals surface area contributed by atoms with Crippen LogP contribution in [0.5, 0.6) is 0 Å². The van der Waals surface area contributed by atoms with Gasteiger partial charge >= 0.3 is 5.97 Å². The first-order chi connectivity index (χ1) is 14.4. The summed E-state index contributed by atoms with van der Waals surface area (Å²) in [7, 11) is 2.89. The maximum atomic E-state index is 12.7. The topological polar surface area (TPSA) is 102 Å². The Morgan fingerprint density at radius 2 is 1.93 bits per heavy atom. The second-order valence-electron chi connectivity index (χ2n) is 6.52. The molecule has 8 nitrogen and oxygen atoms in total. The van der Waals surface area contributed by atoms with Crippen LogP contribution in [0, 0.1) is 4.77 Å². The van der Waals surface area contributed by atoms with Crippen LogP contribution in [0.2, 0.25) is 0 Å². The maximum Gasteiger partial charge on any atom is 0.337 e. The van der Waals surface area contributed by atoms with Gasteiger partial charge in [0.15, 0.2) is 4.77 Å². The van der Waals surface area contributed by atoms with Crippen molar-refractivity contribution in [2.24, 2.45) is 0 Å². The number of nitrogens with zero attached hydrogens (tertiary/aromatic N) is 1. The second kappa shape index (κ2) is 9.47. The lowest BCUT2D eigenvalue weighted by molar-refractivity contribution is 0.0600. The molecule has 2 N–H and O–H groups in total. The highest BCUT2D eigenvalue weighted by molar-refractivity contribution is 7.71. The van der Waals surface area contributed by atoms with Crippen LogP contribution < -0.4 is 10.9 Å². The highest BCUT2D eigenvalue weighted by Gasteiger charge is 2.12. The number of carbonyl (C=O) groups is 2. The van der Waals surface area contributed by atoms with Crippen molar-refractivity contribution in [2.45, 2.75) is 13.0 Å². The lowest BCUT2D eigenvalue weighted by Gasteiger charge is -2.10. The van der Waals surface area contributed by atoms with Crippen LogP contribution in [-0.2, 0) is 16.0 Å². The van der Waals surface area contributed by atoms with Crippen LogP contribution in [0.1, 0.15) is 27.1 Å². The molecule has 0 radical (unpaired) electrons. The molecule has 0 spiro atoms. The Balaban J connectivity index is 1.87. The van der Waals surface area contributed by atoms with Crippen molar-refractivity contribution >= 4 is 40.7 Å². The monoisotopic (exact) mass is 427 g/mol. The van der Waals surface area contributed by atoms with Crippen LogP contribution in [0.25, 0.3) is 10.9 Å². The Morgan fingerprint density at radius 1 is 1.13 bits per heavy atom. The van der Waals surface area contributed by atoms with Crippen LogP contribution in [0.3, 0.4) is 0 Å². The number of carbonyl (C=O) groups excluding carboxylic acids is 2. The van der Waals surface area contributed by atoms with Crippen molar-refractivity contribution in [1.29, 1.82) is 0 Å². The normalized spacial score (nSPS) is 10.7. The number of amides is 1. The van der Waals surface area contributed by atoms with E-state index in [2.05, 4.69) is 15.0 Å². The van der Waals surface area contributed by atoms with E-state index >= 15 is 0 Å². The minimum atomic E-state index is -0.494. The number of hydrogen-bond acceptors (Lipinski definition) is 6. The van der Waals surface area contributed by atoms with Crippen molar-refractivity contribution in [3.8, 4) is 0 Å². The molecule has 0 saturated carbocycles. The summed E-state index contributed by atoms with van der Waals surface area (Å²) in [5.41, 5.74) is 1.37. The van der Waals surface area contributed by atoms with Gasteiger partial charge in [-0.3, -0.25) is 14.2 Å². The lowest BCUT2D eigenvalue weighted by Crippen LogP contribution is -2.23. The Bertz CT molecular complexity index is 1220. The molecule has 0 aliphatic rings. The number of hydrogen-bond donors (Lipinski definition) is 2. The summed E-state index contributed by atoms with van der Waals surface area (Å²) in [6.07, 6.45) is 0.657. The predicted octanol–water partition coefficient (Wildman–Crippen LogP) is 3.13. The van der Waals surface area contributed by atoms with E-state index in [1.165, 1.54) is 17.7 Å². The molecule has 0 atom stereocenters. The van der Waals surface area contributed by atoms with Crippen LogP contribution >= 0.6 is 12.2 Å². The average molecular weight is 427 g/mol. The fourth-order valence-corrected chi connectivity index (χ4v) is 3.29. The van der Waals surface area contributed by atoms with Gasteiger partial charge in [0.05, 0.1) is 23.6 Å². The summed E-state index contributed by atoms with van der Waals surface area (Å²) in [6, 6.07) is 11.2. The van der Waals surface area contributed by atoms with E-state index in [9.17, 15) is 14.4 Å². The Kier molecular flexibility index (Phi) is 6.76. The van der Waals surface area contributed by atoms with E-state index in [0.29, 0.717) is 47.3 Å². The van der Waals surface area contributed by atoms with Gasteiger partial charge in [0.2, 0.25) is 0 Å². The minimum absolute atomic E-state index is 0.220. The fourth-order valence-electron chi connectivity index (χ4n) is 3.01. The van der Waals surface area contributed by atoms with Crippen molar-refractivity contribution < 1.29 is 19.1 Å². The Hall–Kier alpha value is -3.30. The molecule has 30 heavy (non-hydrogen) atoms. The van der Waals surface area contributed by atoms with Gasteiger partial charge < -0.3 is 19.8 Å². The summed E-state index contributed by atoms with van der Waals surface area (Å²) in [4.78, 5) is 40.1. The van der Waals surface area contributed by atoms with E-state index in [0.717, 1.165) is 0 Å². The molecule has 0 fully saturated rings. The number of methoxy groups -OCH3 is 2. The summed E-state index contributed by atoms with van der Waals surface area (Å²) >= 11 is 5.30. The van der Waals surface area contributed by atoms with Crippen LogP contribution in [-0.4, -0.2) is 42.3 Å². The molecule has 1 aromatic heterocycles. The molecule has 156 valence electrons. The van der Waals surface area contributed by atoms with E-state index in [1.54, 1.807) is 43.5 Å². The Labute approximate surface area is 177 Å². The van der Waals surface area contributed by atoms with E-state index in [1.807, 2.05) is 0 Å². The van der Waals surface area contributed by atoms with Crippen molar-refractivity contribution in [3.63, 3.8) is 0 Å². The molecule has 0 bridgehead atoms. The van der Waals surface area contributed by atoms with Gasteiger partial charge in [-0.1, -0.05) is 6.07 Å². The minimum Gasteiger partial charge on any atom is -0.465 e. The van der Waals surface area contributed by atoms with E-state index in [-0.39, 0.29) is 16.2 Å². The van der Waals surface area contributed by atoms with Crippen molar-refractivity contribution in [3.05, 3.63) is 68.7 Å². The lowest BCUT2D eigenvalue weighted by atomic mass is 10.1. The molecule has 9 heteroatoms. The van der Waals surface area contributed by atoms with Gasteiger partial charge in [-0.15, -0.1) is 0 Å². The summed E-state index contributed by atoms with van der Waals surface area (Å²) < 4.78 is 11.5. The smallest absolute Gasteiger partial charge is 0.337 e. The largest absolute Gasteiger partial charge is 0.465 e. The molecule has 1 heterocycles. The molecule has 0 aliphatic carbocycles. The van der Waals surface area contributed by atoms with E-state index < -0.39 is 5.97 Å². The average Bonchev–Trinajstić information content (AvgIpc) is 2.75. The first kappa shape index (κ1) is 21.4. The first-order valence-electron chi connectivity index (χ1n) is 9.20. The number of rotatable bonds is 7. The maximum absolute atomic E-state index is 12.7. The SMILES string of the molecule is COCCCn1c(=S)[nH]c2cc(C(=O)Nc3cccc(C(=O)OC)c3)ccc2c1=O. The first-order valence-corrected chi connectivity index (χ1v) is 9.61. The van der Waals surface area contributed by atoms with Gasteiger partial charge in [0, 0.05) is 31.5 Å². The number of benzene rings is 2. The number of ether oxygens (including phenoxy) is 2. The number of anilines is 1. The third kappa shape index (κ3) is 4.64. The van der Waals surface area contributed by atoms with Crippen LogP contribution in [0.15, 0.2) is 47.3 Å². The standard InChI is InChI=1S/C21H21N3O5S/c1-28-10-4-9-24-19(26)16-8-7-13(12-17(16)23-21(24)30)18(25)22-15-6-3-5-14(11-15)20(27)29-2/h3,5-8,11-12H,4,9-10H2,1-2H3,(H,22,25)(H,23,30). The van der Waals surface area contributed by atoms with Crippen LogP contribution in [0.4, 0.5) is 5.69 Å². The quantitative estimate of drug-likeness (QED) is 0.341. The fraction of sp³-hybridized carbons (Fsp3) is 0.238. The number of aromatic nitrogens is 2. The number of nitrogens with one attached hydrogen (secondary N) is 2. The zero-order chi connectivity index (χ0) is 21.7. The highest BCUT2D eigenvalue weighted by Crippen LogP contribution is 2.15. The van der Waals surface area contributed by atoms with Gasteiger partial charge in [0.1, 0.15) is 0 Å². The third-order valence-corrected chi connectivity index (χ3v) is 4.84. The summed E-state index contributed by atoms with van der Waals surface area (Å²) in [5, 5.41) is 3.17. The molecule has 1 amide bonds.